The highest BCUT2D eigenvalue weighted by molar-refractivity contribution is 6.31. The molecule has 0 amide bonds. The maximum Gasteiger partial charge on any atom is 0.418 e. The van der Waals surface area contributed by atoms with E-state index in [2.05, 4.69) is 0 Å². The van der Waals surface area contributed by atoms with Crippen LogP contribution in [0.15, 0.2) is 12.1 Å². The Hall–Kier alpha value is -0.620. The lowest BCUT2D eigenvalue weighted by atomic mass is 10.0. The third-order valence-electron chi connectivity index (χ3n) is 1.98. The predicted octanol–water partition coefficient (Wildman–Crippen LogP) is 5.12. The molecule has 0 radical (unpaired) electrons. The van der Waals surface area contributed by atoms with Crippen molar-refractivity contribution in [3.05, 3.63) is 33.8 Å². The van der Waals surface area contributed by atoms with E-state index in [9.17, 15) is 26.3 Å². The van der Waals surface area contributed by atoms with Gasteiger partial charge in [-0.2, -0.15) is 26.3 Å². The number of alkyl halides is 7. The Morgan fingerprint density at radius 3 is 1.82 bits per heavy atom. The number of halogens is 8. The third kappa shape index (κ3) is 2.98. The first-order valence-electron chi connectivity index (χ1n) is 4.10. The highest BCUT2D eigenvalue weighted by Crippen LogP contribution is 2.43. The summed E-state index contributed by atoms with van der Waals surface area (Å²) in [6.45, 7) is 0. The monoisotopic (exact) mass is 296 g/mol. The summed E-state index contributed by atoms with van der Waals surface area (Å²) in [5, 5.41) is -0.804. The van der Waals surface area contributed by atoms with Crippen molar-refractivity contribution >= 4 is 23.2 Å². The predicted molar refractivity (Wildman–Crippen MR) is 51.0 cm³/mol. The molecular formula is C9H4Cl2F6. The Balaban J connectivity index is 3.60. The molecule has 0 bridgehead atoms. The van der Waals surface area contributed by atoms with Crippen LogP contribution >= 0.6 is 23.2 Å². The summed E-state index contributed by atoms with van der Waals surface area (Å²) in [5.41, 5.74) is -4.02. The molecule has 0 heterocycles. The molecule has 0 atom stereocenters. The van der Waals surface area contributed by atoms with E-state index in [1.165, 1.54) is 0 Å². The fraction of sp³-hybridized carbons (Fsp3) is 0.333. The normalized spacial score (nSPS) is 12.9. The zero-order chi connectivity index (χ0) is 13.4. The smallest absolute Gasteiger partial charge is 0.166 e. The van der Waals surface area contributed by atoms with E-state index in [4.69, 9.17) is 23.2 Å². The maximum absolute atomic E-state index is 12.6. The largest absolute Gasteiger partial charge is 0.418 e. The molecule has 96 valence electrons. The van der Waals surface area contributed by atoms with Gasteiger partial charge in [-0.1, -0.05) is 11.6 Å². The molecule has 8 heteroatoms. The van der Waals surface area contributed by atoms with Gasteiger partial charge >= 0.3 is 12.4 Å². The van der Waals surface area contributed by atoms with Crippen molar-refractivity contribution in [1.29, 1.82) is 0 Å². The topological polar surface area (TPSA) is 0 Å². The molecule has 1 aromatic rings. The lowest BCUT2D eigenvalue weighted by molar-refractivity contribution is -0.143. The van der Waals surface area contributed by atoms with Crippen LogP contribution in [0.3, 0.4) is 0 Å². The van der Waals surface area contributed by atoms with Crippen molar-refractivity contribution in [2.75, 3.05) is 0 Å². The van der Waals surface area contributed by atoms with E-state index < -0.39 is 39.9 Å². The quantitative estimate of drug-likeness (QED) is 0.499. The SMILES string of the molecule is FC(F)(F)c1ccc(Cl)c(C(F)(F)F)c1CCl. The van der Waals surface area contributed by atoms with Crippen molar-refractivity contribution < 1.29 is 26.3 Å². The fourth-order valence-electron chi connectivity index (χ4n) is 1.33. The van der Waals surface area contributed by atoms with Gasteiger partial charge in [-0.05, 0) is 17.7 Å². The van der Waals surface area contributed by atoms with Crippen molar-refractivity contribution in [3.8, 4) is 0 Å². The van der Waals surface area contributed by atoms with Gasteiger partial charge in [-0.25, -0.2) is 0 Å². The first kappa shape index (κ1) is 14.4. The minimum atomic E-state index is -4.98. The van der Waals surface area contributed by atoms with Crippen LogP contribution in [0.5, 0.6) is 0 Å². The molecular weight excluding hydrogens is 293 g/mol. The Labute approximate surface area is 102 Å². The lowest BCUT2D eigenvalue weighted by Crippen LogP contribution is -2.16. The Kier molecular flexibility index (Phi) is 3.88. The standard InChI is InChI=1S/C9H4Cl2F6/c10-3-4-5(8(12,13)14)1-2-6(11)7(4)9(15,16)17/h1-2H,3H2. The van der Waals surface area contributed by atoms with Crippen LogP contribution in [0.1, 0.15) is 16.7 Å². The van der Waals surface area contributed by atoms with Gasteiger partial charge < -0.3 is 0 Å². The Morgan fingerprint density at radius 1 is 0.941 bits per heavy atom. The van der Waals surface area contributed by atoms with Gasteiger partial charge in [-0.15, -0.1) is 11.6 Å². The zero-order valence-corrected chi connectivity index (χ0v) is 9.40. The second-order valence-corrected chi connectivity index (χ2v) is 3.75. The molecule has 1 rings (SSSR count). The first-order chi connectivity index (χ1) is 7.59. The summed E-state index contributed by atoms with van der Waals surface area (Å²) < 4.78 is 75.1. The summed E-state index contributed by atoms with van der Waals surface area (Å²) in [4.78, 5) is 0. The van der Waals surface area contributed by atoms with E-state index in [1.54, 1.807) is 0 Å². The minimum Gasteiger partial charge on any atom is -0.166 e. The highest BCUT2D eigenvalue weighted by Gasteiger charge is 2.41. The van der Waals surface area contributed by atoms with E-state index >= 15 is 0 Å². The zero-order valence-electron chi connectivity index (χ0n) is 7.89. The number of hydrogen-bond donors (Lipinski definition) is 0. The fourth-order valence-corrected chi connectivity index (χ4v) is 1.89. The average molecular weight is 297 g/mol. The molecule has 0 aliphatic heterocycles. The summed E-state index contributed by atoms with van der Waals surface area (Å²) in [6.07, 6.45) is -9.89. The van der Waals surface area contributed by atoms with E-state index in [0.717, 1.165) is 0 Å². The molecule has 17 heavy (non-hydrogen) atoms. The summed E-state index contributed by atoms with van der Waals surface area (Å²) >= 11 is 10.4. The molecule has 0 saturated carbocycles. The molecule has 0 spiro atoms. The van der Waals surface area contributed by atoms with Crippen LogP contribution in [-0.4, -0.2) is 0 Å². The maximum atomic E-state index is 12.6. The van der Waals surface area contributed by atoms with Gasteiger partial charge in [0.25, 0.3) is 0 Å². The van der Waals surface area contributed by atoms with Crippen molar-refractivity contribution in [1.82, 2.24) is 0 Å². The second kappa shape index (κ2) is 4.57. The number of benzene rings is 1. The van der Waals surface area contributed by atoms with E-state index in [0.29, 0.717) is 12.1 Å². The van der Waals surface area contributed by atoms with Crippen LogP contribution in [0, 0.1) is 0 Å². The van der Waals surface area contributed by atoms with E-state index in [-0.39, 0.29) is 0 Å². The highest BCUT2D eigenvalue weighted by atomic mass is 35.5. The van der Waals surface area contributed by atoms with Crippen LogP contribution in [-0.2, 0) is 18.2 Å². The molecule has 0 unspecified atom stereocenters. The molecule has 0 aromatic heterocycles. The van der Waals surface area contributed by atoms with Gasteiger partial charge in [0, 0.05) is 5.88 Å². The molecule has 1 aromatic carbocycles. The van der Waals surface area contributed by atoms with Gasteiger partial charge in [0.05, 0.1) is 16.1 Å². The van der Waals surface area contributed by atoms with Crippen LogP contribution in [0.25, 0.3) is 0 Å². The van der Waals surface area contributed by atoms with Crippen LogP contribution < -0.4 is 0 Å². The van der Waals surface area contributed by atoms with Crippen LogP contribution in [0.2, 0.25) is 5.02 Å². The average Bonchev–Trinajstić information content (AvgIpc) is 2.12. The van der Waals surface area contributed by atoms with Gasteiger partial charge in [0.2, 0.25) is 0 Å². The number of hydrogen-bond acceptors (Lipinski definition) is 0. The molecule has 0 nitrogen and oxygen atoms in total. The summed E-state index contributed by atoms with van der Waals surface area (Å²) in [7, 11) is 0. The first-order valence-corrected chi connectivity index (χ1v) is 5.02. The molecule has 0 N–H and O–H groups in total. The minimum absolute atomic E-state index is 0.481. The van der Waals surface area contributed by atoms with Gasteiger partial charge in [-0.3, -0.25) is 0 Å². The molecule has 0 saturated heterocycles. The summed E-state index contributed by atoms with van der Waals surface area (Å²) in [6, 6.07) is 1.04. The number of rotatable bonds is 1. The Morgan fingerprint density at radius 2 is 1.47 bits per heavy atom. The lowest BCUT2D eigenvalue weighted by Gasteiger charge is -2.18. The second-order valence-electron chi connectivity index (χ2n) is 3.08. The van der Waals surface area contributed by atoms with Gasteiger partial charge in [0.15, 0.2) is 0 Å². The van der Waals surface area contributed by atoms with Crippen molar-refractivity contribution in [2.45, 2.75) is 18.2 Å². The molecule has 0 aliphatic carbocycles. The molecule has 0 fully saturated rings. The van der Waals surface area contributed by atoms with Crippen LogP contribution in [0.4, 0.5) is 26.3 Å². The summed E-state index contributed by atoms with van der Waals surface area (Å²) in [5.74, 6) is -0.926. The van der Waals surface area contributed by atoms with Crippen molar-refractivity contribution in [3.63, 3.8) is 0 Å². The van der Waals surface area contributed by atoms with Gasteiger partial charge in [0.1, 0.15) is 0 Å². The van der Waals surface area contributed by atoms with E-state index in [1.807, 2.05) is 0 Å². The van der Waals surface area contributed by atoms with Crippen molar-refractivity contribution in [2.24, 2.45) is 0 Å². The Bertz CT molecular complexity index is 421. The molecule has 0 aliphatic rings. The third-order valence-corrected chi connectivity index (χ3v) is 2.57.